The Balaban J connectivity index is 1.22. The molecular formula is C22H20F3N3O5. The Morgan fingerprint density at radius 1 is 1.12 bits per heavy atom. The minimum absolute atomic E-state index is 0.210. The molecule has 0 spiro atoms. The van der Waals surface area contributed by atoms with E-state index in [2.05, 4.69) is 9.72 Å². The van der Waals surface area contributed by atoms with E-state index in [0.717, 1.165) is 29.5 Å². The monoisotopic (exact) mass is 463 g/mol. The molecule has 0 fully saturated rings. The Morgan fingerprint density at radius 2 is 1.79 bits per heavy atom. The Morgan fingerprint density at radius 3 is 2.42 bits per heavy atom. The minimum atomic E-state index is -4.71. The first-order valence-electron chi connectivity index (χ1n) is 10.2. The fourth-order valence-corrected chi connectivity index (χ4v) is 3.50. The summed E-state index contributed by atoms with van der Waals surface area (Å²) < 4.78 is 53.5. The van der Waals surface area contributed by atoms with Gasteiger partial charge in [-0.2, -0.15) is 0 Å². The van der Waals surface area contributed by atoms with E-state index in [9.17, 15) is 23.3 Å². The van der Waals surface area contributed by atoms with Crippen LogP contribution in [0, 0.1) is 10.1 Å². The third-order valence-electron chi connectivity index (χ3n) is 5.05. The van der Waals surface area contributed by atoms with Crippen LogP contribution in [0.4, 0.5) is 19.0 Å². The number of hydrogen-bond donors (Lipinski definition) is 0. The maximum atomic E-state index is 12.3. The predicted molar refractivity (Wildman–Crippen MR) is 111 cm³/mol. The normalized spacial score (nSPS) is 15.5. The first-order valence-corrected chi connectivity index (χ1v) is 10.2. The zero-order chi connectivity index (χ0) is 23.4. The van der Waals surface area contributed by atoms with Crippen LogP contribution < -0.4 is 9.47 Å². The van der Waals surface area contributed by atoms with E-state index in [1.165, 1.54) is 18.3 Å². The van der Waals surface area contributed by atoms with Gasteiger partial charge in [0.1, 0.15) is 24.7 Å². The summed E-state index contributed by atoms with van der Waals surface area (Å²) >= 11 is 0. The molecule has 0 aliphatic carbocycles. The molecule has 3 aromatic rings. The second kappa shape index (κ2) is 9.49. The smallest absolute Gasteiger partial charge is 0.443 e. The van der Waals surface area contributed by atoms with Gasteiger partial charge >= 0.3 is 18.2 Å². The van der Waals surface area contributed by atoms with Crippen LogP contribution in [0.3, 0.4) is 0 Å². The number of ether oxygens (including phenoxy) is 3. The molecule has 4 rings (SSSR count). The van der Waals surface area contributed by atoms with Crippen LogP contribution in [0.15, 0.2) is 54.7 Å². The van der Waals surface area contributed by atoms with Gasteiger partial charge in [0.2, 0.25) is 0 Å². The molecule has 0 N–H and O–H groups in total. The molecule has 1 aromatic heterocycles. The molecule has 33 heavy (non-hydrogen) atoms. The molecular weight excluding hydrogens is 443 g/mol. The van der Waals surface area contributed by atoms with Crippen LogP contribution in [0.5, 0.6) is 11.8 Å². The molecule has 8 nitrogen and oxygen atoms in total. The number of imidazole rings is 1. The van der Waals surface area contributed by atoms with Crippen molar-refractivity contribution in [3.63, 3.8) is 0 Å². The SMILES string of the molecule is O=[N+]([O-])c1cn2c(n1)OC[C@@H](OCCCc1ccc(-c3ccc(OC(F)(F)F)cc3)cc1)C2. The zero-order valence-corrected chi connectivity index (χ0v) is 17.3. The minimum Gasteiger partial charge on any atom is -0.443 e. The second-order valence-electron chi connectivity index (χ2n) is 7.47. The number of aryl methyl sites for hydroxylation is 1. The molecule has 0 radical (unpaired) electrons. The molecule has 1 aliphatic heterocycles. The Labute approximate surface area is 186 Å². The van der Waals surface area contributed by atoms with Gasteiger partial charge in [0.25, 0.3) is 0 Å². The molecule has 1 atom stereocenters. The van der Waals surface area contributed by atoms with Crippen LogP contribution in [-0.4, -0.2) is 40.2 Å². The molecule has 1 aliphatic rings. The van der Waals surface area contributed by atoms with Crippen LogP contribution in [0.1, 0.15) is 12.0 Å². The molecule has 0 saturated carbocycles. The predicted octanol–water partition coefficient (Wildman–Crippen LogP) is 4.77. The first kappa shape index (κ1) is 22.6. The van der Waals surface area contributed by atoms with Crippen molar-refractivity contribution in [1.29, 1.82) is 0 Å². The van der Waals surface area contributed by atoms with Gasteiger partial charge in [-0.3, -0.25) is 4.57 Å². The zero-order valence-electron chi connectivity index (χ0n) is 17.3. The van der Waals surface area contributed by atoms with Crippen molar-refractivity contribution in [3.05, 3.63) is 70.4 Å². The van der Waals surface area contributed by atoms with Crippen molar-refractivity contribution in [1.82, 2.24) is 9.55 Å². The van der Waals surface area contributed by atoms with Gasteiger partial charge in [-0.1, -0.05) is 36.4 Å². The molecule has 174 valence electrons. The average molecular weight is 463 g/mol. The number of benzene rings is 2. The lowest BCUT2D eigenvalue weighted by molar-refractivity contribution is -0.389. The first-order chi connectivity index (χ1) is 15.8. The summed E-state index contributed by atoms with van der Waals surface area (Å²) in [5.41, 5.74) is 2.78. The number of nitrogens with zero attached hydrogens (tertiary/aromatic N) is 3. The third kappa shape index (κ3) is 6.01. The van der Waals surface area contributed by atoms with Crippen molar-refractivity contribution < 1.29 is 32.3 Å². The quantitative estimate of drug-likeness (QED) is 0.272. The molecule has 0 bridgehead atoms. The number of hydrogen-bond acceptors (Lipinski definition) is 6. The van der Waals surface area contributed by atoms with E-state index in [1.807, 2.05) is 24.3 Å². The molecule has 0 unspecified atom stereocenters. The summed E-state index contributed by atoms with van der Waals surface area (Å²) in [7, 11) is 0. The number of alkyl halides is 3. The van der Waals surface area contributed by atoms with E-state index in [-0.39, 0.29) is 30.3 Å². The lowest BCUT2D eigenvalue weighted by Gasteiger charge is -2.22. The highest BCUT2D eigenvalue weighted by Gasteiger charge is 2.31. The van der Waals surface area contributed by atoms with Crippen molar-refractivity contribution in [2.75, 3.05) is 13.2 Å². The summed E-state index contributed by atoms with van der Waals surface area (Å²) in [5.74, 6) is -0.506. The highest BCUT2D eigenvalue weighted by atomic mass is 19.4. The lowest BCUT2D eigenvalue weighted by atomic mass is 10.0. The Hall–Kier alpha value is -3.60. The molecule has 2 heterocycles. The fraction of sp³-hybridized carbons (Fsp3) is 0.318. The summed E-state index contributed by atoms with van der Waals surface area (Å²) in [6.07, 6.45) is -2.02. The van der Waals surface area contributed by atoms with Crippen LogP contribution in [-0.2, 0) is 17.7 Å². The number of rotatable bonds is 8. The number of aromatic nitrogens is 2. The third-order valence-corrected chi connectivity index (χ3v) is 5.05. The Kier molecular flexibility index (Phi) is 6.50. The molecule has 11 heteroatoms. The van der Waals surface area contributed by atoms with Gasteiger partial charge in [0.15, 0.2) is 0 Å². The van der Waals surface area contributed by atoms with Crippen molar-refractivity contribution in [3.8, 4) is 22.9 Å². The van der Waals surface area contributed by atoms with Gasteiger partial charge in [0, 0.05) is 11.6 Å². The van der Waals surface area contributed by atoms with E-state index in [0.29, 0.717) is 13.2 Å². The molecule has 0 saturated heterocycles. The van der Waals surface area contributed by atoms with E-state index >= 15 is 0 Å². The van der Waals surface area contributed by atoms with E-state index in [1.54, 1.807) is 16.7 Å². The van der Waals surface area contributed by atoms with Gasteiger partial charge in [-0.25, -0.2) is 0 Å². The van der Waals surface area contributed by atoms with Crippen molar-refractivity contribution >= 4 is 5.82 Å². The Bertz CT molecular complexity index is 1100. The van der Waals surface area contributed by atoms with Crippen molar-refractivity contribution in [2.45, 2.75) is 31.9 Å². The number of nitro groups is 1. The summed E-state index contributed by atoms with van der Waals surface area (Å²) in [5, 5.41) is 10.8. The van der Waals surface area contributed by atoms with Crippen LogP contribution >= 0.6 is 0 Å². The van der Waals surface area contributed by atoms with Gasteiger partial charge < -0.3 is 24.3 Å². The van der Waals surface area contributed by atoms with Crippen LogP contribution in [0.2, 0.25) is 0 Å². The van der Waals surface area contributed by atoms with Gasteiger partial charge in [-0.05, 0) is 46.6 Å². The molecule has 2 aromatic carbocycles. The lowest BCUT2D eigenvalue weighted by Crippen LogP contribution is -2.32. The standard InChI is InChI=1S/C22H20F3N3O5/c23-22(24,25)33-18-9-7-17(8-10-18)16-5-3-15(4-6-16)2-1-11-31-19-12-27-13-20(28(29)30)26-21(27)32-14-19/h3-10,13,19H,1-2,11-12,14H2/t19-/m0/s1. The second-order valence-corrected chi connectivity index (χ2v) is 7.47. The highest BCUT2D eigenvalue weighted by molar-refractivity contribution is 5.64. The maximum Gasteiger partial charge on any atom is 0.573 e. The van der Waals surface area contributed by atoms with Gasteiger partial charge in [0.05, 0.1) is 6.54 Å². The number of halogens is 3. The topological polar surface area (TPSA) is 88.7 Å². The van der Waals surface area contributed by atoms with Crippen molar-refractivity contribution in [2.24, 2.45) is 0 Å². The summed E-state index contributed by atoms with van der Waals surface area (Å²) in [6.45, 7) is 1.23. The summed E-state index contributed by atoms with van der Waals surface area (Å²) in [6, 6.07) is 13.7. The largest absolute Gasteiger partial charge is 0.573 e. The van der Waals surface area contributed by atoms with E-state index in [4.69, 9.17) is 9.47 Å². The maximum absolute atomic E-state index is 12.3. The van der Waals surface area contributed by atoms with Crippen LogP contribution in [0.25, 0.3) is 11.1 Å². The number of fused-ring (bicyclic) bond motifs is 1. The van der Waals surface area contributed by atoms with E-state index < -0.39 is 11.3 Å². The fourth-order valence-electron chi connectivity index (χ4n) is 3.50. The van der Waals surface area contributed by atoms with Gasteiger partial charge in [-0.15, -0.1) is 13.2 Å². The highest BCUT2D eigenvalue weighted by Crippen LogP contribution is 2.27. The summed E-state index contributed by atoms with van der Waals surface area (Å²) in [4.78, 5) is 14.0. The average Bonchev–Trinajstić information content (AvgIpc) is 3.21. The molecule has 0 amide bonds.